The molecule has 7 nitrogen and oxygen atoms in total. The number of piperidine rings is 1. The Balaban J connectivity index is 1.29. The summed E-state index contributed by atoms with van der Waals surface area (Å²) in [6.07, 6.45) is 8.34. The predicted octanol–water partition coefficient (Wildman–Crippen LogP) is 1.56. The van der Waals surface area contributed by atoms with E-state index in [1.165, 1.54) is 11.5 Å². The quantitative estimate of drug-likeness (QED) is 0.910. The van der Waals surface area contributed by atoms with Crippen molar-refractivity contribution in [3.8, 4) is 0 Å². The van der Waals surface area contributed by atoms with Crippen LogP contribution in [0.4, 0.5) is 5.82 Å². The normalized spacial score (nSPS) is 24.1. The van der Waals surface area contributed by atoms with Crippen LogP contribution in [0, 0.1) is 0 Å². The Kier molecular flexibility index (Phi) is 4.19. The minimum absolute atomic E-state index is 0.0245. The fourth-order valence-electron chi connectivity index (χ4n) is 3.47. The zero-order valence-electron chi connectivity index (χ0n) is 12.9. The molecule has 1 N–H and O–H groups in total. The summed E-state index contributed by atoms with van der Waals surface area (Å²) >= 11 is 1.42. The summed E-state index contributed by atoms with van der Waals surface area (Å²) in [4.78, 5) is 10.8. The minimum Gasteiger partial charge on any atom is -0.373 e. The Labute approximate surface area is 139 Å². The molecule has 2 aromatic heterocycles. The number of nitrogens with zero attached hydrogens (tertiary/aromatic N) is 5. The lowest BCUT2D eigenvalue weighted by molar-refractivity contribution is -0.0449. The monoisotopic (exact) mass is 332 g/mol. The van der Waals surface area contributed by atoms with Crippen molar-refractivity contribution in [2.45, 2.75) is 37.5 Å². The second-order valence-corrected chi connectivity index (χ2v) is 6.91. The van der Waals surface area contributed by atoms with E-state index in [1.54, 1.807) is 18.6 Å². The molecule has 8 heteroatoms. The number of anilines is 1. The molecular weight excluding hydrogens is 312 g/mol. The predicted molar refractivity (Wildman–Crippen MR) is 87.2 cm³/mol. The summed E-state index contributed by atoms with van der Waals surface area (Å²) in [6, 6.07) is 0.320. The van der Waals surface area contributed by atoms with E-state index in [0.29, 0.717) is 6.04 Å². The van der Waals surface area contributed by atoms with Gasteiger partial charge in [0.1, 0.15) is 5.82 Å². The van der Waals surface area contributed by atoms with Gasteiger partial charge in [0, 0.05) is 37.4 Å². The summed E-state index contributed by atoms with van der Waals surface area (Å²) in [5, 5.41) is 9.59. The van der Waals surface area contributed by atoms with Crippen molar-refractivity contribution >= 4 is 17.4 Å². The van der Waals surface area contributed by atoms with Crippen LogP contribution in [0.2, 0.25) is 0 Å². The molecule has 2 aliphatic rings. The van der Waals surface area contributed by atoms with Gasteiger partial charge in [-0.3, -0.25) is 9.88 Å². The first-order chi connectivity index (χ1) is 11.3. The maximum atomic E-state index is 6.19. The molecule has 2 saturated heterocycles. The summed E-state index contributed by atoms with van der Waals surface area (Å²) in [5.74, 6) is 0.826. The first kappa shape index (κ1) is 14.9. The zero-order valence-corrected chi connectivity index (χ0v) is 13.7. The highest BCUT2D eigenvalue weighted by atomic mass is 32.1. The lowest BCUT2D eigenvalue weighted by atomic mass is 9.87. The third-order valence-corrected chi connectivity index (χ3v) is 5.24. The van der Waals surface area contributed by atoms with Crippen molar-refractivity contribution < 1.29 is 4.74 Å². The SMILES string of the molecule is c1cnc(NC2COC3(CCN(Cc4csnn4)CC3)C2)cn1. The van der Waals surface area contributed by atoms with Crippen LogP contribution >= 0.6 is 11.5 Å². The number of rotatable bonds is 4. The minimum atomic E-state index is 0.0245. The lowest BCUT2D eigenvalue weighted by Crippen LogP contribution is -2.44. The molecule has 2 aromatic rings. The number of likely N-dealkylation sites (tertiary alicyclic amines) is 1. The van der Waals surface area contributed by atoms with Crippen molar-refractivity contribution in [2.24, 2.45) is 0 Å². The third-order valence-electron chi connectivity index (χ3n) is 4.68. The van der Waals surface area contributed by atoms with Gasteiger partial charge in [-0.25, -0.2) is 4.98 Å². The molecule has 1 atom stereocenters. The first-order valence-corrected chi connectivity index (χ1v) is 8.80. The van der Waals surface area contributed by atoms with Crippen LogP contribution in [-0.2, 0) is 11.3 Å². The van der Waals surface area contributed by atoms with Gasteiger partial charge in [-0.1, -0.05) is 4.49 Å². The fourth-order valence-corrected chi connectivity index (χ4v) is 3.91. The summed E-state index contributed by atoms with van der Waals surface area (Å²) in [5.41, 5.74) is 1.09. The van der Waals surface area contributed by atoms with E-state index >= 15 is 0 Å². The number of nitrogens with one attached hydrogen (secondary N) is 1. The Bertz CT molecular complexity index is 614. The molecule has 1 unspecified atom stereocenters. The molecule has 4 rings (SSSR count). The van der Waals surface area contributed by atoms with Crippen LogP contribution in [0.3, 0.4) is 0 Å². The summed E-state index contributed by atoms with van der Waals surface area (Å²) < 4.78 is 10.1. The molecule has 0 aromatic carbocycles. The van der Waals surface area contributed by atoms with Gasteiger partial charge in [-0.05, 0) is 30.8 Å². The highest BCUT2D eigenvalue weighted by Crippen LogP contribution is 2.37. The van der Waals surface area contributed by atoms with Gasteiger partial charge < -0.3 is 10.1 Å². The van der Waals surface area contributed by atoms with Gasteiger partial charge in [0.15, 0.2) is 0 Å². The van der Waals surface area contributed by atoms with E-state index < -0.39 is 0 Å². The van der Waals surface area contributed by atoms with E-state index in [4.69, 9.17) is 4.74 Å². The molecule has 0 aliphatic carbocycles. The van der Waals surface area contributed by atoms with Gasteiger partial charge in [-0.15, -0.1) is 5.10 Å². The van der Waals surface area contributed by atoms with Crippen molar-refractivity contribution in [1.82, 2.24) is 24.5 Å². The van der Waals surface area contributed by atoms with E-state index in [0.717, 1.165) is 57.0 Å². The Morgan fingerprint density at radius 3 is 3.00 bits per heavy atom. The topological polar surface area (TPSA) is 76.1 Å². The smallest absolute Gasteiger partial charge is 0.144 e. The zero-order chi connectivity index (χ0) is 15.5. The van der Waals surface area contributed by atoms with E-state index in [-0.39, 0.29) is 5.60 Å². The van der Waals surface area contributed by atoms with Crippen LogP contribution in [0.25, 0.3) is 0 Å². The highest BCUT2D eigenvalue weighted by molar-refractivity contribution is 7.03. The van der Waals surface area contributed by atoms with Gasteiger partial charge in [0.25, 0.3) is 0 Å². The van der Waals surface area contributed by atoms with Crippen molar-refractivity contribution in [2.75, 3.05) is 25.0 Å². The van der Waals surface area contributed by atoms with Gasteiger partial charge in [0.05, 0.1) is 30.1 Å². The average Bonchev–Trinajstić information content (AvgIpc) is 3.22. The summed E-state index contributed by atoms with van der Waals surface area (Å²) in [7, 11) is 0. The molecule has 0 radical (unpaired) electrons. The molecule has 2 fully saturated rings. The first-order valence-electron chi connectivity index (χ1n) is 7.96. The number of hydrogen-bond acceptors (Lipinski definition) is 8. The average molecular weight is 332 g/mol. The van der Waals surface area contributed by atoms with Crippen LogP contribution in [0.1, 0.15) is 25.0 Å². The third kappa shape index (κ3) is 3.49. The maximum Gasteiger partial charge on any atom is 0.144 e. The Hall–Kier alpha value is -1.64. The molecule has 4 heterocycles. The van der Waals surface area contributed by atoms with E-state index in [9.17, 15) is 0 Å². The molecule has 1 spiro atoms. The molecule has 0 amide bonds. The van der Waals surface area contributed by atoms with E-state index in [2.05, 4.69) is 29.8 Å². The Morgan fingerprint density at radius 2 is 2.26 bits per heavy atom. The maximum absolute atomic E-state index is 6.19. The van der Waals surface area contributed by atoms with Crippen LogP contribution < -0.4 is 5.32 Å². The molecular formula is C15H20N6OS. The fraction of sp³-hybridized carbons (Fsp3) is 0.600. The van der Waals surface area contributed by atoms with Crippen molar-refractivity contribution in [1.29, 1.82) is 0 Å². The standard InChI is InChI=1S/C15H20N6OS/c1-5-21(9-13-11-23-20-19-13)6-2-15(1)7-12(10-22-15)18-14-8-16-3-4-17-14/h3-4,8,11-12H,1-2,5-7,9-10H2,(H,17,18). The van der Waals surface area contributed by atoms with Crippen LogP contribution in [0.5, 0.6) is 0 Å². The summed E-state index contributed by atoms with van der Waals surface area (Å²) in [6.45, 7) is 3.74. The molecule has 122 valence electrons. The highest BCUT2D eigenvalue weighted by Gasteiger charge is 2.42. The molecule has 2 aliphatic heterocycles. The van der Waals surface area contributed by atoms with Crippen LogP contribution in [0.15, 0.2) is 24.0 Å². The van der Waals surface area contributed by atoms with Crippen LogP contribution in [-0.4, -0.2) is 55.8 Å². The second-order valence-electron chi connectivity index (χ2n) is 6.30. The number of hydrogen-bond donors (Lipinski definition) is 1. The molecule has 0 saturated carbocycles. The number of aromatic nitrogens is 4. The van der Waals surface area contributed by atoms with Crippen molar-refractivity contribution in [3.05, 3.63) is 29.7 Å². The number of ether oxygens (including phenoxy) is 1. The largest absolute Gasteiger partial charge is 0.373 e. The van der Waals surface area contributed by atoms with E-state index in [1.807, 2.05) is 5.38 Å². The van der Waals surface area contributed by atoms with Crippen molar-refractivity contribution in [3.63, 3.8) is 0 Å². The Morgan fingerprint density at radius 1 is 1.35 bits per heavy atom. The second kappa shape index (κ2) is 6.46. The molecule has 0 bridgehead atoms. The van der Waals surface area contributed by atoms with Gasteiger partial charge >= 0.3 is 0 Å². The lowest BCUT2D eigenvalue weighted by Gasteiger charge is -2.38. The van der Waals surface area contributed by atoms with Gasteiger partial charge in [0.2, 0.25) is 0 Å². The molecule has 23 heavy (non-hydrogen) atoms. The van der Waals surface area contributed by atoms with Gasteiger partial charge in [-0.2, -0.15) is 0 Å².